The van der Waals surface area contributed by atoms with Gasteiger partial charge in [-0.25, -0.2) is 4.98 Å². The Morgan fingerprint density at radius 1 is 1.18 bits per heavy atom. The molecule has 0 aliphatic carbocycles. The van der Waals surface area contributed by atoms with Gasteiger partial charge in [0.25, 0.3) is 5.91 Å². The van der Waals surface area contributed by atoms with Crippen LogP contribution in [-0.4, -0.2) is 47.1 Å². The van der Waals surface area contributed by atoms with Gasteiger partial charge in [-0.05, 0) is 24.3 Å². The molecule has 1 fully saturated rings. The van der Waals surface area contributed by atoms with Gasteiger partial charge in [-0.1, -0.05) is 5.92 Å². The van der Waals surface area contributed by atoms with E-state index in [0.717, 1.165) is 18.2 Å². The van der Waals surface area contributed by atoms with Gasteiger partial charge < -0.3 is 14.9 Å². The summed E-state index contributed by atoms with van der Waals surface area (Å²) < 4.78 is 0. The van der Waals surface area contributed by atoms with Gasteiger partial charge in [0.1, 0.15) is 5.75 Å². The lowest BCUT2D eigenvalue weighted by molar-refractivity contribution is -0.125. The first-order chi connectivity index (χ1) is 10.7. The van der Waals surface area contributed by atoms with Gasteiger partial charge in [0.05, 0.1) is 0 Å². The number of carbonyl (C=O) groups excluding carboxylic acids is 1. The molecule has 5 nitrogen and oxygen atoms in total. The fraction of sp³-hybridized carbons (Fsp3) is 0.250. The first kappa shape index (κ1) is 14.4. The van der Waals surface area contributed by atoms with Gasteiger partial charge in [0.2, 0.25) is 0 Å². The fourth-order valence-corrected chi connectivity index (χ4v) is 2.92. The highest BCUT2D eigenvalue weighted by molar-refractivity contribution is 7.13. The fourth-order valence-electron chi connectivity index (χ4n) is 2.22. The molecule has 112 valence electrons. The highest BCUT2D eigenvalue weighted by Gasteiger charge is 2.21. The molecule has 0 bridgehead atoms. The van der Waals surface area contributed by atoms with E-state index < -0.39 is 0 Å². The van der Waals surface area contributed by atoms with Crippen LogP contribution in [0.5, 0.6) is 5.75 Å². The number of anilines is 1. The van der Waals surface area contributed by atoms with Crippen molar-refractivity contribution in [2.24, 2.45) is 0 Å². The molecule has 0 unspecified atom stereocenters. The number of amides is 1. The zero-order valence-corrected chi connectivity index (χ0v) is 12.7. The number of rotatable bonds is 1. The van der Waals surface area contributed by atoms with Crippen molar-refractivity contribution in [2.45, 2.75) is 0 Å². The van der Waals surface area contributed by atoms with Gasteiger partial charge in [-0.2, -0.15) is 0 Å². The van der Waals surface area contributed by atoms with Crippen LogP contribution < -0.4 is 4.90 Å². The summed E-state index contributed by atoms with van der Waals surface area (Å²) in [5.41, 5.74) is 0.715. The van der Waals surface area contributed by atoms with Crippen LogP contribution in [-0.2, 0) is 4.79 Å². The van der Waals surface area contributed by atoms with Crippen LogP contribution in [0.1, 0.15) is 5.56 Å². The second kappa shape index (κ2) is 6.50. The molecule has 1 amide bonds. The van der Waals surface area contributed by atoms with Gasteiger partial charge in [0, 0.05) is 49.2 Å². The first-order valence-electron chi connectivity index (χ1n) is 6.97. The Balaban J connectivity index is 1.57. The molecular weight excluding hydrogens is 298 g/mol. The third kappa shape index (κ3) is 3.38. The molecule has 22 heavy (non-hydrogen) atoms. The van der Waals surface area contributed by atoms with Gasteiger partial charge in [-0.15, -0.1) is 11.3 Å². The Bertz CT molecular complexity index is 693. The SMILES string of the molecule is O=C(C#Cc1ccc(O)cc1)N1CCN(c2nccs2)CC1. The molecule has 1 aromatic carbocycles. The molecule has 6 heteroatoms. The van der Waals surface area contributed by atoms with Gasteiger partial charge in [-0.3, -0.25) is 4.79 Å². The van der Waals surface area contributed by atoms with E-state index in [1.807, 2.05) is 5.38 Å². The van der Waals surface area contributed by atoms with E-state index in [0.29, 0.717) is 18.7 Å². The lowest BCUT2D eigenvalue weighted by Crippen LogP contribution is -2.48. The molecule has 0 spiro atoms. The van der Waals surface area contributed by atoms with E-state index in [1.54, 1.807) is 46.7 Å². The molecule has 3 rings (SSSR count). The number of aromatic nitrogens is 1. The summed E-state index contributed by atoms with van der Waals surface area (Å²) in [5, 5.41) is 12.2. The topological polar surface area (TPSA) is 56.7 Å². The number of hydrogen-bond donors (Lipinski definition) is 1. The predicted octanol–water partition coefficient (Wildman–Crippen LogP) is 1.55. The number of carbonyl (C=O) groups is 1. The maximum Gasteiger partial charge on any atom is 0.298 e. The highest BCUT2D eigenvalue weighted by Crippen LogP contribution is 2.18. The van der Waals surface area contributed by atoms with E-state index in [1.165, 1.54) is 0 Å². The monoisotopic (exact) mass is 313 g/mol. The largest absolute Gasteiger partial charge is 0.508 e. The molecule has 1 saturated heterocycles. The number of aromatic hydroxyl groups is 1. The zero-order valence-electron chi connectivity index (χ0n) is 11.9. The average molecular weight is 313 g/mol. The summed E-state index contributed by atoms with van der Waals surface area (Å²) >= 11 is 1.61. The van der Waals surface area contributed by atoms with Crippen LogP contribution in [0, 0.1) is 11.8 Å². The predicted molar refractivity (Wildman–Crippen MR) is 85.9 cm³/mol. The van der Waals surface area contributed by atoms with Crippen LogP contribution >= 0.6 is 11.3 Å². The van der Waals surface area contributed by atoms with Crippen molar-refractivity contribution in [3.63, 3.8) is 0 Å². The Hall–Kier alpha value is -2.52. The van der Waals surface area contributed by atoms with Gasteiger partial charge >= 0.3 is 0 Å². The molecule has 1 aromatic heterocycles. The summed E-state index contributed by atoms with van der Waals surface area (Å²) in [6, 6.07) is 6.49. The molecular formula is C16H15N3O2S. The Kier molecular flexibility index (Phi) is 4.26. The minimum absolute atomic E-state index is 0.160. The lowest BCUT2D eigenvalue weighted by atomic mass is 10.2. The molecule has 0 saturated carbocycles. The molecule has 0 atom stereocenters. The maximum atomic E-state index is 12.1. The molecule has 1 aliphatic heterocycles. The number of phenolic OH excluding ortho intramolecular Hbond substituents is 1. The summed E-state index contributed by atoms with van der Waals surface area (Å²) in [5.74, 6) is 5.52. The third-order valence-electron chi connectivity index (χ3n) is 3.44. The normalized spacial score (nSPS) is 14.4. The maximum absolute atomic E-state index is 12.1. The minimum atomic E-state index is -0.160. The van der Waals surface area contributed by atoms with E-state index in [4.69, 9.17) is 0 Å². The van der Waals surface area contributed by atoms with Crippen LogP contribution in [0.4, 0.5) is 5.13 Å². The molecule has 0 radical (unpaired) electrons. The van der Waals surface area contributed by atoms with Crippen LogP contribution in [0.15, 0.2) is 35.8 Å². The molecule has 1 N–H and O–H groups in total. The zero-order chi connectivity index (χ0) is 15.4. The Morgan fingerprint density at radius 2 is 1.91 bits per heavy atom. The molecule has 1 aliphatic rings. The minimum Gasteiger partial charge on any atom is -0.508 e. The van der Waals surface area contributed by atoms with Crippen molar-refractivity contribution in [3.05, 3.63) is 41.4 Å². The van der Waals surface area contributed by atoms with E-state index in [2.05, 4.69) is 21.7 Å². The van der Waals surface area contributed by atoms with E-state index in [9.17, 15) is 9.90 Å². The molecule has 2 aromatic rings. The van der Waals surface area contributed by atoms with E-state index in [-0.39, 0.29) is 11.7 Å². The van der Waals surface area contributed by atoms with E-state index >= 15 is 0 Å². The standard InChI is InChI=1S/C16H15N3O2S/c20-14-4-1-13(2-5-14)3-6-15(21)18-8-10-19(11-9-18)16-17-7-12-22-16/h1-2,4-5,7,12,20H,8-11H2. The second-order valence-electron chi connectivity index (χ2n) is 4.89. The van der Waals surface area contributed by atoms with Crippen molar-refractivity contribution in [1.29, 1.82) is 0 Å². The van der Waals surface area contributed by atoms with Crippen molar-refractivity contribution in [1.82, 2.24) is 9.88 Å². The van der Waals surface area contributed by atoms with Gasteiger partial charge in [0.15, 0.2) is 5.13 Å². The number of piperazine rings is 1. The van der Waals surface area contributed by atoms with Crippen molar-refractivity contribution < 1.29 is 9.90 Å². The average Bonchev–Trinajstić information content (AvgIpc) is 3.09. The van der Waals surface area contributed by atoms with Crippen molar-refractivity contribution in [2.75, 3.05) is 31.1 Å². The van der Waals surface area contributed by atoms with Crippen LogP contribution in [0.25, 0.3) is 0 Å². The second-order valence-corrected chi connectivity index (χ2v) is 5.76. The van der Waals surface area contributed by atoms with Crippen molar-refractivity contribution >= 4 is 22.4 Å². The first-order valence-corrected chi connectivity index (χ1v) is 7.85. The Morgan fingerprint density at radius 3 is 2.55 bits per heavy atom. The number of hydrogen-bond acceptors (Lipinski definition) is 5. The van der Waals surface area contributed by atoms with Crippen LogP contribution in [0.2, 0.25) is 0 Å². The number of phenols is 1. The van der Waals surface area contributed by atoms with Crippen molar-refractivity contribution in [3.8, 4) is 17.6 Å². The summed E-state index contributed by atoms with van der Waals surface area (Å²) in [7, 11) is 0. The highest BCUT2D eigenvalue weighted by atomic mass is 32.1. The quantitative estimate of drug-likeness (QED) is 0.812. The number of nitrogens with zero attached hydrogens (tertiary/aromatic N) is 3. The molecule has 2 heterocycles. The summed E-state index contributed by atoms with van der Waals surface area (Å²) in [6.45, 7) is 2.87. The number of benzene rings is 1. The number of thiazole rings is 1. The van der Waals surface area contributed by atoms with Crippen LogP contribution in [0.3, 0.4) is 0 Å². The third-order valence-corrected chi connectivity index (χ3v) is 4.27. The summed E-state index contributed by atoms with van der Waals surface area (Å²) in [6.07, 6.45) is 1.79. The summed E-state index contributed by atoms with van der Waals surface area (Å²) in [4.78, 5) is 20.3. The lowest BCUT2D eigenvalue weighted by Gasteiger charge is -2.33. The smallest absolute Gasteiger partial charge is 0.298 e. The Labute approximate surface area is 132 Å².